The van der Waals surface area contributed by atoms with Crippen LogP contribution in [0.4, 0.5) is 0 Å². The van der Waals surface area contributed by atoms with Crippen molar-refractivity contribution in [2.24, 2.45) is 5.73 Å². The number of thioether (sulfide) groups is 1. The molecule has 0 saturated heterocycles. The van der Waals surface area contributed by atoms with Crippen molar-refractivity contribution in [3.8, 4) is 0 Å². The Kier molecular flexibility index (Phi) is 6.17. The van der Waals surface area contributed by atoms with E-state index in [1.54, 1.807) is 6.20 Å². The van der Waals surface area contributed by atoms with Crippen LogP contribution < -0.4 is 5.73 Å². The van der Waals surface area contributed by atoms with Crippen LogP contribution in [0, 0.1) is 0 Å². The zero-order valence-corrected chi connectivity index (χ0v) is 14.1. The van der Waals surface area contributed by atoms with Gasteiger partial charge in [-0.3, -0.25) is 4.68 Å². The van der Waals surface area contributed by atoms with Gasteiger partial charge in [-0.2, -0.15) is 16.9 Å². The Morgan fingerprint density at radius 1 is 1.47 bits per heavy atom. The largest absolute Gasteiger partial charge is 0.322 e. The first-order valence-corrected chi connectivity index (χ1v) is 7.82. The molecule has 0 aliphatic heterocycles. The summed E-state index contributed by atoms with van der Waals surface area (Å²) in [6, 6.07) is -0.0820. The van der Waals surface area contributed by atoms with Gasteiger partial charge in [0.1, 0.15) is 0 Å². The van der Waals surface area contributed by atoms with Crippen molar-refractivity contribution in [2.45, 2.75) is 38.1 Å². The average molecular weight is 305 g/mol. The molecule has 1 unspecified atom stereocenters. The Hall–Kier alpha value is -0.230. The summed E-state index contributed by atoms with van der Waals surface area (Å²) in [5, 5.41) is 4.99. The molecule has 1 atom stereocenters. The molecule has 6 heteroatoms. The van der Waals surface area contributed by atoms with E-state index in [0.29, 0.717) is 5.02 Å². The summed E-state index contributed by atoms with van der Waals surface area (Å²) in [6.07, 6.45) is 1.69. The lowest BCUT2D eigenvalue weighted by Crippen LogP contribution is -2.25. The SMILES string of the molecule is CN(C)CCn1ncc(Cl)c1C(N)CSC(C)(C)C. The highest BCUT2D eigenvalue weighted by Crippen LogP contribution is 2.29. The van der Waals surface area contributed by atoms with Crippen molar-refractivity contribution in [3.63, 3.8) is 0 Å². The molecular weight excluding hydrogens is 280 g/mol. The van der Waals surface area contributed by atoms with Crippen molar-refractivity contribution in [2.75, 3.05) is 26.4 Å². The number of nitrogens with two attached hydrogens (primary N) is 1. The van der Waals surface area contributed by atoms with E-state index in [2.05, 4.69) is 30.8 Å². The minimum absolute atomic E-state index is 0.0820. The molecule has 0 aliphatic carbocycles. The normalized spacial score (nSPS) is 14.1. The quantitative estimate of drug-likeness (QED) is 0.877. The first-order valence-electron chi connectivity index (χ1n) is 6.46. The second-order valence-electron chi connectivity index (χ2n) is 5.93. The summed E-state index contributed by atoms with van der Waals surface area (Å²) in [7, 11) is 4.08. The minimum atomic E-state index is -0.0820. The summed E-state index contributed by atoms with van der Waals surface area (Å²) < 4.78 is 2.13. The average Bonchev–Trinajstić information content (AvgIpc) is 2.64. The fourth-order valence-electron chi connectivity index (χ4n) is 1.63. The summed E-state index contributed by atoms with van der Waals surface area (Å²) >= 11 is 8.07. The maximum absolute atomic E-state index is 6.27. The molecule has 110 valence electrons. The standard InChI is InChI=1S/C13H25ClN4S/c1-13(2,3)19-9-11(15)12-10(14)8-16-18(12)7-6-17(4)5/h8,11H,6-7,9,15H2,1-5H3. The summed E-state index contributed by atoms with van der Waals surface area (Å²) in [6.45, 7) is 8.30. The fourth-order valence-corrected chi connectivity index (χ4v) is 2.75. The highest BCUT2D eigenvalue weighted by Gasteiger charge is 2.20. The van der Waals surface area contributed by atoms with Gasteiger partial charge >= 0.3 is 0 Å². The van der Waals surface area contributed by atoms with Crippen LogP contribution in [0.25, 0.3) is 0 Å². The molecule has 0 aliphatic rings. The molecule has 0 spiro atoms. The van der Waals surface area contributed by atoms with E-state index in [4.69, 9.17) is 17.3 Å². The second kappa shape index (κ2) is 6.97. The van der Waals surface area contributed by atoms with Crippen LogP contribution in [-0.4, -0.2) is 45.8 Å². The molecule has 1 aromatic heterocycles. The van der Waals surface area contributed by atoms with E-state index in [-0.39, 0.29) is 10.8 Å². The molecule has 0 aromatic carbocycles. The molecule has 2 N–H and O–H groups in total. The molecule has 0 amide bonds. The van der Waals surface area contributed by atoms with Crippen LogP contribution in [0.15, 0.2) is 6.20 Å². The number of nitrogens with zero attached hydrogens (tertiary/aromatic N) is 3. The number of rotatable bonds is 6. The van der Waals surface area contributed by atoms with E-state index in [1.807, 2.05) is 30.5 Å². The van der Waals surface area contributed by atoms with Gasteiger partial charge in [0.25, 0.3) is 0 Å². The van der Waals surface area contributed by atoms with Gasteiger partial charge in [0.2, 0.25) is 0 Å². The summed E-state index contributed by atoms with van der Waals surface area (Å²) in [5.41, 5.74) is 7.22. The van der Waals surface area contributed by atoms with Crippen LogP contribution >= 0.6 is 23.4 Å². The Morgan fingerprint density at radius 3 is 2.63 bits per heavy atom. The van der Waals surface area contributed by atoms with Gasteiger partial charge < -0.3 is 10.6 Å². The van der Waals surface area contributed by atoms with Gasteiger partial charge in [0, 0.05) is 17.0 Å². The fraction of sp³-hybridized carbons (Fsp3) is 0.769. The lowest BCUT2D eigenvalue weighted by atomic mass is 10.2. The molecule has 19 heavy (non-hydrogen) atoms. The molecule has 1 heterocycles. The minimum Gasteiger partial charge on any atom is -0.322 e. The second-order valence-corrected chi connectivity index (χ2v) is 8.19. The molecule has 0 bridgehead atoms. The topological polar surface area (TPSA) is 47.1 Å². The van der Waals surface area contributed by atoms with Gasteiger partial charge in [-0.05, 0) is 14.1 Å². The lowest BCUT2D eigenvalue weighted by Gasteiger charge is -2.22. The maximum Gasteiger partial charge on any atom is 0.0834 e. The Balaban J connectivity index is 2.72. The predicted molar refractivity (Wildman–Crippen MR) is 84.9 cm³/mol. The summed E-state index contributed by atoms with van der Waals surface area (Å²) in [5.74, 6) is 0.844. The van der Waals surface area contributed by atoms with E-state index >= 15 is 0 Å². The Labute approximate surface area is 125 Å². The van der Waals surface area contributed by atoms with Crippen molar-refractivity contribution < 1.29 is 0 Å². The highest BCUT2D eigenvalue weighted by atomic mass is 35.5. The number of likely N-dealkylation sites (N-methyl/N-ethyl adjacent to an activating group) is 1. The number of hydrogen-bond acceptors (Lipinski definition) is 4. The van der Waals surface area contributed by atoms with E-state index in [9.17, 15) is 0 Å². The monoisotopic (exact) mass is 304 g/mol. The maximum atomic E-state index is 6.27. The molecule has 0 radical (unpaired) electrons. The first-order chi connectivity index (χ1) is 8.70. The number of halogens is 1. The predicted octanol–water partition coefficient (Wildman–Crippen LogP) is 2.63. The van der Waals surface area contributed by atoms with Gasteiger partial charge in [-0.25, -0.2) is 0 Å². The van der Waals surface area contributed by atoms with Crippen LogP contribution in [-0.2, 0) is 6.54 Å². The molecule has 0 fully saturated rings. The number of aromatic nitrogens is 2. The van der Waals surface area contributed by atoms with Crippen LogP contribution in [0.3, 0.4) is 0 Å². The van der Waals surface area contributed by atoms with Gasteiger partial charge in [-0.15, -0.1) is 0 Å². The Bertz CT molecular complexity index is 398. The van der Waals surface area contributed by atoms with E-state index < -0.39 is 0 Å². The van der Waals surface area contributed by atoms with Crippen molar-refractivity contribution in [1.82, 2.24) is 14.7 Å². The summed E-state index contributed by atoms with van der Waals surface area (Å²) in [4.78, 5) is 2.12. The molecule has 1 aromatic rings. The van der Waals surface area contributed by atoms with Crippen LogP contribution in [0.2, 0.25) is 5.02 Å². The third-order valence-corrected chi connectivity index (χ3v) is 4.32. The van der Waals surface area contributed by atoms with Crippen LogP contribution in [0.5, 0.6) is 0 Å². The van der Waals surface area contributed by atoms with Crippen molar-refractivity contribution >= 4 is 23.4 Å². The lowest BCUT2D eigenvalue weighted by molar-refractivity contribution is 0.367. The molecule has 0 saturated carbocycles. The first kappa shape index (κ1) is 16.8. The van der Waals surface area contributed by atoms with Gasteiger partial charge in [-0.1, -0.05) is 32.4 Å². The van der Waals surface area contributed by atoms with Crippen LogP contribution in [0.1, 0.15) is 32.5 Å². The number of hydrogen-bond donors (Lipinski definition) is 1. The van der Waals surface area contributed by atoms with Gasteiger partial charge in [0.05, 0.1) is 29.5 Å². The van der Waals surface area contributed by atoms with Crippen molar-refractivity contribution in [1.29, 1.82) is 0 Å². The van der Waals surface area contributed by atoms with E-state index in [0.717, 1.165) is 24.5 Å². The van der Waals surface area contributed by atoms with Crippen molar-refractivity contribution in [3.05, 3.63) is 16.9 Å². The highest BCUT2D eigenvalue weighted by molar-refractivity contribution is 8.00. The third kappa shape index (κ3) is 5.73. The van der Waals surface area contributed by atoms with E-state index in [1.165, 1.54) is 0 Å². The smallest absolute Gasteiger partial charge is 0.0834 e. The molecule has 4 nitrogen and oxygen atoms in total. The van der Waals surface area contributed by atoms with Gasteiger partial charge in [0.15, 0.2) is 0 Å². The molecular formula is C13H25ClN4S. The third-order valence-electron chi connectivity index (χ3n) is 2.64. The Morgan fingerprint density at radius 2 is 2.11 bits per heavy atom. The molecule has 1 rings (SSSR count). The zero-order chi connectivity index (χ0) is 14.6. The zero-order valence-electron chi connectivity index (χ0n) is 12.5.